The van der Waals surface area contributed by atoms with E-state index in [2.05, 4.69) is 0 Å². The molecule has 0 saturated heterocycles. The van der Waals surface area contributed by atoms with E-state index in [1.54, 1.807) is 6.92 Å². The quantitative estimate of drug-likeness (QED) is 0.522. The largest absolute Gasteiger partial charge is 0.507 e. The second-order valence-corrected chi connectivity index (χ2v) is 9.54. The van der Waals surface area contributed by atoms with Gasteiger partial charge in [0.05, 0.1) is 17.5 Å². The van der Waals surface area contributed by atoms with E-state index >= 15 is 0 Å². The molecule has 7 atom stereocenters. The fourth-order valence-electron chi connectivity index (χ4n) is 5.94. The van der Waals surface area contributed by atoms with Crippen LogP contribution in [0, 0.1) is 23.7 Å². The topological polar surface area (TPSA) is 155 Å². The molecule has 0 heterocycles. The van der Waals surface area contributed by atoms with Gasteiger partial charge in [-0.25, -0.2) is 0 Å². The number of aromatic hydroxyl groups is 1. The maximum Gasteiger partial charge on any atom is 0.235 e. The summed E-state index contributed by atoms with van der Waals surface area (Å²) in [6.45, 7) is 1.75. The predicted molar refractivity (Wildman–Crippen MR) is 111 cm³/mol. The first-order valence-corrected chi connectivity index (χ1v) is 10.6. The summed E-state index contributed by atoms with van der Waals surface area (Å²) in [7, 11) is 3.07. The van der Waals surface area contributed by atoms with Crippen molar-refractivity contribution in [1.82, 2.24) is 4.90 Å². The van der Waals surface area contributed by atoms with Gasteiger partial charge in [0.15, 0.2) is 34.7 Å². The molecule has 170 valence electrons. The van der Waals surface area contributed by atoms with Crippen LogP contribution in [0.25, 0.3) is 0 Å². The molecule has 2 saturated carbocycles. The van der Waals surface area contributed by atoms with Crippen LogP contribution in [-0.2, 0) is 19.2 Å². The molecule has 0 radical (unpaired) electrons. The molecular formula is C22H23ClN2O7. The van der Waals surface area contributed by atoms with Gasteiger partial charge in [0.25, 0.3) is 0 Å². The number of nitrogens with two attached hydrogens (primary N) is 1. The van der Waals surface area contributed by atoms with Gasteiger partial charge in [-0.1, -0.05) is 18.5 Å². The number of ketones is 4. The molecule has 4 rings (SSSR count). The number of nitrogens with zero attached hydrogens (tertiary/aromatic N) is 1. The molecule has 0 spiro atoms. The normalized spacial score (nSPS) is 36.6. The maximum absolute atomic E-state index is 13.6. The summed E-state index contributed by atoms with van der Waals surface area (Å²) >= 11 is 6.32. The van der Waals surface area contributed by atoms with Crippen LogP contribution in [0.2, 0.25) is 5.02 Å². The van der Waals surface area contributed by atoms with Crippen LogP contribution in [0.15, 0.2) is 12.1 Å². The van der Waals surface area contributed by atoms with E-state index in [0.717, 1.165) is 0 Å². The molecule has 10 heteroatoms. The van der Waals surface area contributed by atoms with E-state index in [1.165, 1.54) is 31.1 Å². The number of benzene rings is 1. The first kappa shape index (κ1) is 22.6. The Morgan fingerprint density at radius 2 is 1.81 bits per heavy atom. The van der Waals surface area contributed by atoms with E-state index in [-0.39, 0.29) is 22.8 Å². The smallest absolute Gasteiger partial charge is 0.235 e. The molecule has 3 aliphatic carbocycles. The fraction of sp³-hybridized carbons (Fsp3) is 0.500. The molecule has 2 fully saturated rings. The van der Waals surface area contributed by atoms with Crippen molar-refractivity contribution in [2.24, 2.45) is 29.4 Å². The van der Waals surface area contributed by atoms with Crippen LogP contribution in [0.4, 0.5) is 0 Å². The number of fused-ring (bicyclic) bond motifs is 3. The highest BCUT2D eigenvalue weighted by Crippen LogP contribution is 2.55. The second-order valence-electron chi connectivity index (χ2n) is 9.13. The molecule has 0 aliphatic heterocycles. The molecule has 32 heavy (non-hydrogen) atoms. The van der Waals surface area contributed by atoms with Crippen LogP contribution in [0.5, 0.6) is 5.75 Å². The number of Topliss-reactive ketones (excluding diaryl/α,β-unsaturated/α-hetero) is 4. The number of hydrogen-bond acceptors (Lipinski definition) is 8. The first-order valence-electron chi connectivity index (χ1n) is 10.2. The highest BCUT2D eigenvalue weighted by molar-refractivity contribution is 6.34. The minimum atomic E-state index is -2.73. The van der Waals surface area contributed by atoms with Crippen molar-refractivity contribution in [3.05, 3.63) is 28.3 Å². The van der Waals surface area contributed by atoms with E-state index in [0.29, 0.717) is 5.56 Å². The van der Waals surface area contributed by atoms with Gasteiger partial charge in [0.2, 0.25) is 5.91 Å². The Bertz CT molecular complexity index is 1100. The Morgan fingerprint density at radius 1 is 1.19 bits per heavy atom. The number of carbonyl (C=O) groups is 5. The van der Waals surface area contributed by atoms with E-state index in [4.69, 9.17) is 17.3 Å². The SMILES string of the molecule is C[C@@H]1c2c(Cl)ccc(O)c2C(=O)C2C(=O)[C@@]3(O)C(=O)C(C(N)=O)C(=O)[C@H](N(C)C)[C@H]3C[C@H]21. The van der Waals surface area contributed by atoms with E-state index in [9.17, 15) is 34.2 Å². The third-order valence-corrected chi connectivity index (χ3v) is 7.71. The lowest BCUT2D eigenvalue weighted by Crippen LogP contribution is -2.74. The monoisotopic (exact) mass is 462 g/mol. The number of phenolic OH excluding ortho intramolecular Hbond substituents is 1. The van der Waals surface area contributed by atoms with Crippen molar-refractivity contribution in [3.63, 3.8) is 0 Å². The van der Waals surface area contributed by atoms with Gasteiger partial charge < -0.3 is 15.9 Å². The molecule has 1 aromatic carbocycles. The van der Waals surface area contributed by atoms with E-state index < -0.39 is 70.3 Å². The number of phenols is 1. The molecule has 4 N–H and O–H groups in total. The Hall–Kier alpha value is -2.62. The zero-order valence-electron chi connectivity index (χ0n) is 17.7. The van der Waals surface area contributed by atoms with Gasteiger partial charge in [-0.05, 0) is 50.0 Å². The Labute approximate surface area is 188 Å². The van der Waals surface area contributed by atoms with Crippen LogP contribution < -0.4 is 5.73 Å². The van der Waals surface area contributed by atoms with Crippen molar-refractivity contribution in [2.45, 2.75) is 30.9 Å². The summed E-state index contributed by atoms with van der Waals surface area (Å²) in [5.41, 5.74) is 2.83. The third kappa shape index (κ3) is 2.68. The van der Waals surface area contributed by atoms with Gasteiger partial charge in [-0.15, -0.1) is 0 Å². The lowest BCUT2D eigenvalue weighted by molar-refractivity contribution is -0.181. The zero-order valence-corrected chi connectivity index (χ0v) is 18.4. The fourth-order valence-corrected chi connectivity index (χ4v) is 6.27. The number of primary amides is 1. The van der Waals surface area contributed by atoms with Crippen LogP contribution in [0.1, 0.15) is 35.2 Å². The van der Waals surface area contributed by atoms with Crippen molar-refractivity contribution in [2.75, 3.05) is 14.1 Å². The van der Waals surface area contributed by atoms with Crippen molar-refractivity contribution in [3.8, 4) is 5.75 Å². The zero-order chi connectivity index (χ0) is 23.9. The highest BCUT2D eigenvalue weighted by atomic mass is 35.5. The number of likely N-dealkylation sites (N-methyl/N-ethyl adjacent to an activating group) is 1. The van der Waals surface area contributed by atoms with Gasteiger partial charge in [0.1, 0.15) is 5.75 Å². The molecule has 9 nitrogen and oxygen atoms in total. The number of hydrogen-bond donors (Lipinski definition) is 3. The Morgan fingerprint density at radius 3 is 2.38 bits per heavy atom. The van der Waals surface area contributed by atoms with Crippen LogP contribution in [-0.4, -0.2) is 69.9 Å². The molecule has 0 aromatic heterocycles. The summed E-state index contributed by atoms with van der Waals surface area (Å²) in [5, 5.41) is 22.0. The molecular weight excluding hydrogens is 440 g/mol. The maximum atomic E-state index is 13.6. The van der Waals surface area contributed by atoms with Gasteiger partial charge in [-0.2, -0.15) is 0 Å². The van der Waals surface area contributed by atoms with Crippen LogP contribution in [0.3, 0.4) is 0 Å². The van der Waals surface area contributed by atoms with E-state index in [1.807, 2.05) is 0 Å². The molecule has 0 bridgehead atoms. The average Bonchev–Trinajstić information content (AvgIpc) is 2.69. The van der Waals surface area contributed by atoms with Crippen LogP contribution >= 0.6 is 11.6 Å². The summed E-state index contributed by atoms with van der Waals surface area (Å²) in [6.07, 6.45) is -0.0168. The van der Waals surface area contributed by atoms with Gasteiger partial charge >= 0.3 is 0 Å². The highest BCUT2D eigenvalue weighted by Gasteiger charge is 2.69. The lowest BCUT2D eigenvalue weighted by atomic mass is 9.50. The molecule has 1 amide bonds. The van der Waals surface area contributed by atoms with Gasteiger partial charge in [0, 0.05) is 10.9 Å². The summed E-state index contributed by atoms with van der Waals surface area (Å²) < 4.78 is 0. The number of carbonyl (C=O) groups excluding carboxylic acids is 5. The third-order valence-electron chi connectivity index (χ3n) is 7.38. The van der Waals surface area contributed by atoms with Gasteiger partial charge in [-0.3, -0.25) is 28.9 Å². The van der Waals surface area contributed by atoms with Crippen molar-refractivity contribution in [1.29, 1.82) is 0 Å². The Balaban J connectivity index is 1.93. The second kappa shape index (κ2) is 7.19. The minimum absolute atomic E-state index is 0.0168. The Kier molecular flexibility index (Phi) is 5.07. The lowest BCUT2D eigenvalue weighted by Gasteiger charge is -2.53. The molecule has 1 aromatic rings. The summed E-state index contributed by atoms with van der Waals surface area (Å²) in [6, 6.07) is 1.56. The molecule has 2 unspecified atom stereocenters. The number of aliphatic hydroxyl groups is 1. The predicted octanol–water partition coefficient (Wildman–Crippen LogP) is 0.0814. The standard InChI is InChI=1S/C22H23ClN2O7/c1-7-8-6-9-16(25(2)3)18(28)15(21(24)31)20(30)22(9,32)19(29)13(8)17(27)14-11(26)5-4-10(23)12(7)14/h4-5,7-9,13,15-16,26,32H,6H2,1-3H3,(H2,24,31)/t7-,8-,9+,13?,15?,16+,22+/m0/s1. The summed E-state index contributed by atoms with van der Waals surface area (Å²) in [4.78, 5) is 66.6. The van der Waals surface area contributed by atoms with Crippen molar-refractivity contribution >= 4 is 40.6 Å². The number of amides is 1. The minimum Gasteiger partial charge on any atom is -0.507 e. The van der Waals surface area contributed by atoms with Crippen molar-refractivity contribution < 1.29 is 34.2 Å². The molecule has 3 aliphatic rings. The number of rotatable bonds is 2. The first-order chi connectivity index (χ1) is 14.8. The number of halogens is 1. The average molecular weight is 463 g/mol. The summed E-state index contributed by atoms with van der Waals surface area (Å²) in [5.74, 6) is -11.2.